The van der Waals surface area contributed by atoms with Crippen LogP contribution in [0, 0.1) is 6.92 Å². The molecule has 9 nitrogen and oxygen atoms in total. The SMILES string of the molecule is Cc1nc(/C(N)=C(\CNc2nc(C3CCCC3)no2)N(C)N)ccc1OC1CCCCC1. The Kier molecular flexibility index (Phi) is 7.14. The van der Waals surface area contributed by atoms with Crippen LogP contribution in [0.4, 0.5) is 6.01 Å². The van der Waals surface area contributed by atoms with Crippen LogP contribution in [0.5, 0.6) is 5.75 Å². The van der Waals surface area contributed by atoms with Gasteiger partial charge < -0.3 is 25.3 Å². The molecule has 2 aromatic heterocycles. The topological polar surface area (TPSA) is 128 Å². The number of hydrogen-bond acceptors (Lipinski definition) is 9. The van der Waals surface area contributed by atoms with Gasteiger partial charge >= 0.3 is 6.01 Å². The number of aromatic nitrogens is 3. The molecule has 2 heterocycles. The first-order chi connectivity index (χ1) is 15.5. The average Bonchev–Trinajstić information content (AvgIpc) is 3.47. The molecule has 5 N–H and O–H groups in total. The lowest BCUT2D eigenvalue weighted by Crippen LogP contribution is -2.32. The van der Waals surface area contributed by atoms with Gasteiger partial charge in [-0.15, -0.1) is 0 Å². The lowest BCUT2D eigenvalue weighted by atomic mass is 9.98. The standard InChI is InChI=1S/C23H35N7O2/c1-15-20(31-17-10-4-3-5-11-17)13-12-18(27-15)21(24)19(30(2)25)14-26-23-28-22(29-32-23)16-8-6-7-9-16/h12-13,16-17H,3-11,14,24-25H2,1-2H3,(H,26,28,29)/b21-19-. The zero-order valence-corrected chi connectivity index (χ0v) is 19.1. The highest BCUT2D eigenvalue weighted by atomic mass is 16.5. The summed E-state index contributed by atoms with van der Waals surface area (Å²) in [5.74, 6) is 8.06. The molecule has 0 amide bonds. The number of rotatable bonds is 8. The Morgan fingerprint density at radius 3 is 2.53 bits per heavy atom. The van der Waals surface area contributed by atoms with E-state index < -0.39 is 0 Å². The zero-order valence-electron chi connectivity index (χ0n) is 19.1. The van der Waals surface area contributed by atoms with E-state index in [0.29, 0.717) is 35.6 Å². The lowest BCUT2D eigenvalue weighted by Gasteiger charge is -2.24. The highest BCUT2D eigenvalue weighted by Gasteiger charge is 2.23. The minimum Gasteiger partial charge on any atom is -0.489 e. The van der Waals surface area contributed by atoms with E-state index in [1.165, 1.54) is 37.1 Å². The van der Waals surface area contributed by atoms with Gasteiger partial charge in [0.05, 0.1) is 35.4 Å². The number of hydrazine groups is 1. The van der Waals surface area contributed by atoms with Crippen LogP contribution in [0.1, 0.15) is 80.9 Å². The summed E-state index contributed by atoms with van der Waals surface area (Å²) >= 11 is 0. The molecule has 2 aliphatic rings. The number of hydrogen-bond donors (Lipinski definition) is 3. The minimum atomic E-state index is 0.279. The maximum absolute atomic E-state index is 6.46. The number of nitrogens with two attached hydrogens (primary N) is 2. The van der Waals surface area contributed by atoms with Crippen molar-refractivity contribution in [1.29, 1.82) is 0 Å². The van der Waals surface area contributed by atoms with E-state index >= 15 is 0 Å². The van der Waals surface area contributed by atoms with Crippen LogP contribution < -0.4 is 21.6 Å². The third-order valence-electron chi connectivity index (χ3n) is 6.46. The molecular weight excluding hydrogens is 406 g/mol. The first kappa shape index (κ1) is 22.4. The van der Waals surface area contributed by atoms with Gasteiger partial charge in [0.15, 0.2) is 5.82 Å². The molecule has 0 saturated heterocycles. The summed E-state index contributed by atoms with van der Waals surface area (Å²) in [6, 6.07) is 4.21. The van der Waals surface area contributed by atoms with E-state index in [2.05, 4.69) is 20.4 Å². The predicted molar refractivity (Wildman–Crippen MR) is 124 cm³/mol. The number of likely N-dealkylation sites (N-methyl/N-ethyl adjacent to an activating group) is 1. The summed E-state index contributed by atoms with van der Waals surface area (Å²) in [7, 11) is 1.75. The smallest absolute Gasteiger partial charge is 0.321 e. The van der Waals surface area contributed by atoms with Crippen molar-refractivity contribution in [3.63, 3.8) is 0 Å². The summed E-state index contributed by atoms with van der Waals surface area (Å²) in [6.45, 7) is 2.29. The van der Waals surface area contributed by atoms with E-state index in [1.54, 1.807) is 7.05 Å². The van der Waals surface area contributed by atoms with Gasteiger partial charge in [0.25, 0.3) is 0 Å². The second-order valence-electron chi connectivity index (χ2n) is 8.92. The van der Waals surface area contributed by atoms with Crippen molar-refractivity contribution in [2.45, 2.75) is 76.7 Å². The fourth-order valence-corrected chi connectivity index (χ4v) is 4.56. The molecular formula is C23H35N7O2. The van der Waals surface area contributed by atoms with Crippen molar-refractivity contribution < 1.29 is 9.26 Å². The van der Waals surface area contributed by atoms with Gasteiger partial charge in [0.2, 0.25) is 0 Å². The largest absolute Gasteiger partial charge is 0.489 e. The number of ether oxygens (including phenoxy) is 1. The molecule has 0 aliphatic heterocycles. The molecule has 0 spiro atoms. The lowest BCUT2D eigenvalue weighted by molar-refractivity contribution is 0.153. The molecule has 2 aliphatic carbocycles. The Hall–Kier alpha value is -2.81. The molecule has 4 rings (SSSR count). The van der Waals surface area contributed by atoms with Crippen molar-refractivity contribution in [2.75, 3.05) is 18.9 Å². The Bertz CT molecular complexity index is 928. The van der Waals surface area contributed by atoms with Crippen molar-refractivity contribution >= 4 is 11.7 Å². The molecule has 2 saturated carbocycles. The first-order valence-corrected chi connectivity index (χ1v) is 11.7. The highest BCUT2D eigenvalue weighted by molar-refractivity contribution is 5.64. The molecule has 0 radical (unpaired) electrons. The van der Waals surface area contributed by atoms with Crippen LogP contribution in [0.25, 0.3) is 5.70 Å². The van der Waals surface area contributed by atoms with E-state index in [1.807, 2.05) is 19.1 Å². The molecule has 0 bridgehead atoms. The van der Waals surface area contributed by atoms with Gasteiger partial charge in [-0.1, -0.05) is 24.4 Å². The third kappa shape index (κ3) is 5.32. The molecule has 2 fully saturated rings. The Morgan fingerprint density at radius 1 is 1.12 bits per heavy atom. The number of nitrogens with zero attached hydrogens (tertiary/aromatic N) is 4. The fourth-order valence-electron chi connectivity index (χ4n) is 4.56. The number of aryl methyl sites for hydroxylation is 1. The van der Waals surface area contributed by atoms with Crippen molar-refractivity contribution in [2.24, 2.45) is 11.6 Å². The van der Waals surface area contributed by atoms with Crippen molar-refractivity contribution in [3.8, 4) is 5.75 Å². The van der Waals surface area contributed by atoms with E-state index in [9.17, 15) is 0 Å². The molecule has 2 aromatic rings. The maximum atomic E-state index is 6.46. The van der Waals surface area contributed by atoms with Gasteiger partial charge in [0, 0.05) is 13.0 Å². The third-order valence-corrected chi connectivity index (χ3v) is 6.46. The van der Waals surface area contributed by atoms with E-state index in [4.69, 9.17) is 20.8 Å². The van der Waals surface area contributed by atoms with Crippen LogP contribution in [-0.2, 0) is 0 Å². The van der Waals surface area contributed by atoms with E-state index in [0.717, 1.165) is 43.0 Å². The second-order valence-corrected chi connectivity index (χ2v) is 8.92. The highest BCUT2D eigenvalue weighted by Crippen LogP contribution is 2.32. The van der Waals surface area contributed by atoms with Crippen LogP contribution in [-0.4, -0.2) is 39.8 Å². The summed E-state index contributed by atoms with van der Waals surface area (Å²) in [4.78, 5) is 9.18. The first-order valence-electron chi connectivity index (χ1n) is 11.7. The quantitative estimate of drug-likeness (QED) is 0.415. The molecule has 0 unspecified atom stereocenters. The molecule has 0 aromatic carbocycles. The summed E-state index contributed by atoms with van der Waals surface area (Å²) < 4.78 is 11.6. The molecule has 32 heavy (non-hydrogen) atoms. The summed E-state index contributed by atoms with van der Waals surface area (Å²) in [6.07, 6.45) is 10.9. The van der Waals surface area contributed by atoms with Gasteiger partial charge in [-0.2, -0.15) is 4.98 Å². The van der Waals surface area contributed by atoms with Gasteiger partial charge in [0.1, 0.15) is 5.75 Å². The minimum absolute atomic E-state index is 0.279. The Labute approximate surface area is 189 Å². The average molecular weight is 442 g/mol. The predicted octanol–water partition coefficient (Wildman–Crippen LogP) is 3.69. The normalized spacial score (nSPS) is 18.5. The van der Waals surface area contributed by atoms with Gasteiger partial charge in [-0.3, -0.25) is 0 Å². The van der Waals surface area contributed by atoms with Gasteiger partial charge in [-0.25, -0.2) is 10.8 Å². The van der Waals surface area contributed by atoms with Crippen molar-refractivity contribution in [3.05, 3.63) is 35.0 Å². The monoisotopic (exact) mass is 441 g/mol. The maximum Gasteiger partial charge on any atom is 0.321 e. The molecule has 9 heteroatoms. The number of nitrogens with one attached hydrogen (secondary N) is 1. The second kappa shape index (κ2) is 10.2. The van der Waals surface area contributed by atoms with Crippen LogP contribution in [0.2, 0.25) is 0 Å². The molecule has 174 valence electrons. The Balaban J connectivity index is 1.44. The van der Waals surface area contributed by atoms with Gasteiger partial charge in [-0.05, 0) is 57.6 Å². The molecule has 0 atom stereocenters. The number of anilines is 1. The fraction of sp³-hybridized carbons (Fsp3) is 0.609. The van der Waals surface area contributed by atoms with Crippen molar-refractivity contribution in [1.82, 2.24) is 20.1 Å². The summed E-state index contributed by atoms with van der Waals surface area (Å²) in [5, 5.41) is 8.76. The van der Waals surface area contributed by atoms with Crippen LogP contribution in [0.15, 0.2) is 22.4 Å². The van der Waals surface area contributed by atoms with Crippen LogP contribution >= 0.6 is 0 Å². The summed E-state index contributed by atoms with van der Waals surface area (Å²) in [5.41, 5.74) is 9.11. The number of pyridine rings is 1. The zero-order chi connectivity index (χ0) is 22.5. The van der Waals surface area contributed by atoms with E-state index in [-0.39, 0.29) is 6.10 Å². The Morgan fingerprint density at radius 2 is 1.84 bits per heavy atom. The van der Waals surface area contributed by atoms with Crippen LogP contribution in [0.3, 0.4) is 0 Å².